The molecule has 1 N–H and O–H groups in total. The van der Waals surface area contributed by atoms with Gasteiger partial charge in [0.2, 0.25) is 11.7 Å². The largest absolute Gasteiger partial charge is 0.392 e. The van der Waals surface area contributed by atoms with E-state index in [4.69, 9.17) is 4.52 Å². The highest BCUT2D eigenvalue weighted by Gasteiger charge is 2.26. The Labute approximate surface area is 128 Å². The average Bonchev–Trinajstić information content (AvgIpc) is 2.99. The maximum absolute atomic E-state index is 13.6. The number of benzene rings is 1. The van der Waals surface area contributed by atoms with E-state index in [1.165, 1.54) is 6.07 Å². The van der Waals surface area contributed by atoms with Gasteiger partial charge in [-0.1, -0.05) is 17.3 Å². The Balaban J connectivity index is 1.79. The second-order valence-corrected chi connectivity index (χ2v) is 5.89. The third kappa shape index (κ3) is 3.03. The molecule has 0 aliphatic carbocycles. The Morgan fingerprint density at radius 3 is 3.00 bits per heavy atom. The topological polar surface area (TPSA) is 62.4 Å². The number of rotatable bonds is 3. The highest BCUT2D eigenvalue weighted by Crippen LogP contribution is 2.26. The van der Waals surface area contributed by atoms with E-state index in [2.05, 4.69) is 15.0 Å². The standard InChI is InChI=1S/C16H20FN3O2/c1-10-5-6-12(8-14(10)17)15-18-16(22-19-15)11(2)20-7-3-4-13(21)9-20/h5-6,8,11,13,21H,3-4,7,9H2,1-2H3/t11-,13+/m1/s1. The van der Waals surface area contributed by atoms with Crippen molar-refractivity contribution in [3.63, 3.8) is 0 Å². The lowest BCUT2D eigenvalue weighted by atomic mass is 10.1. The Bertz CT molecular complexity index is 659. The van der Waals surface area contributed by atoms with Crippen LogP contribution in [0.25, 0.3) is 11.4 Å². The van der Waals surface area contributed by atoms with Gasteiger partial charge in [-0.2, -0.15) is 4.98 Å². The third-order valence-corrected chi connectivity index (χ3v) is 4.20. The van der Waals surface area contributed by atoms with E-state index in [9.17, 15) is 9.50 Å². The Hall–Kier alpha value is -1.79. The second kappa shape index (κ2) is 6.14. The van der Waals surface area contributed by atoms with E-state index >= 15 is 0 Å². The summed E-state index contributed by atoms with van der Waals surface area (Å²) >= 11 is 0. The first kappa shape index (κ1) is 15.1. The molecule has 2 aromatic rings. The normalized spacial score (nSPS) is 21.0. The molecular formula is C16H20FN3O2. The van der Waals surface area contributed by atoms with Gasteiger partial charge in [0.15, 0.2) is 0 Å². The van der Waals surface area contributed by atoms with Crippen molar-refractivity contribution < 1.29 is 14.0 Å². The van der Waals surface area contributed by atoms with Crippen molar-refractivity contribution in [3.05, 3.63) is 35.5 Å². The lowest BCUT2D eigenvalue weighted by molar-refractivity contribution is 0.0422. The molecule has 0 unspecified atom stereocenters. The molecule has 0 amide bonds. The predicted molar refractivity (Wildman–Crippen MR) is 79.7 cm³/mol. The van der Waals surface area contributed by atoms with Crippen LogP contribution in [0.3, 0.4) is 0 Å². The number of β-amino-alcohol motifs (C(OH)–C–C–N with tert-alkyl or cyclic N) is 1. The molecule has 0 saturated carbocycles. The number of aliphatic hydroxyl groups excluding tert-OH is 1. The van der Waals surface area contributed by atoms with Crippen molar-refractivity contribution in [1.29, 1.82) is 0 Å². The summed E-state index contributed by atoms with van der Waals surface area (Å²) in [4.78, 5) is 6.51. The fraction of sp³-hybridized carbons (Fsp3) is 0.500. The first-order valence-electron chi connectivity index (χ1n) is 7.57. The lowest BCUT2D eigenvalue weighted by Gasteiger charge is -2.32. The van der Waals surface area contributed by atoms with Gasteiger partial charge in [-0.25, -0.2) is 4.39 Å². The zero-order valence-electron chi connectivity index (χ0n) is 12.8. The minimum absolute atomic E-state index is 0.0634. The Morgan fingerprint density at radius 1 is 1.45 bits per heavy atom. The van der Waals surface area contributed by atoms with E-state index in [0.29, 0.717) is 29.4 Å². The summed E-state index contributed by atoms with van der Waals surface area (Å²) in [6.07, 6.45) is 1.49. The highest BCUT2D eigenvalue weighted by molar-refractivity contribution is 5.54. The van der Waals surface area contributed by atoms with Gasteiger partial charge in [0.05, 0.1) is 12.1 Å². The van der Waals surface area contributed by atoms with Crippen LogP contribution in [0.15, 0.2) is 22.7 Å². The number of halogens is 1. The molecule has 2 heterocycles. The van der Waals surface area contributed by atoms with E-state index in [1.807, 2.05) is 6.92 Å². The molecule has 1 aliphatic rings. The number of aryl methyl sites for hydroxylation is 1. The monoisotopic (exact) mass is 305 g/mol. The third-order valence-electron chi connectivity index (χ3n) is 4.20. The van der Waals surface area contributed by atoms with Crippen molar-refractivity contribution in [2.45, 2.75) is 38.8 Å². The molecule has 5 nitrogen and oxygen atoms in total. The summed E-state index contributed by atoms with van der Waals surface area (Å²) in [5.41, 5.74) is 1.19. The molecule has 118 valence electrons. The molecule has 6 heteroatoms. The minimum Gasteiger partial charge on any atom is -0.392 e. The van der Waals surface area contributed by atoms with Gasteiger partial charge in [-0.3, -0.25) is 4.90 Å². The number of hydrogen-bond donors (Lipinski definition) is 1. The molecule has 0 spiro atoms. The van der Waals surface area contributed by atoms with E-state index in [1.54, 1.807) is 19.1 Å². The lowest BCUT2D eigenvalue weighted by Crippen LogP contribution is -2.39. The van der Waals surface area contributed by atoms with Gasteiger partial charge in [-0.15, -0.1) is 0 Å². The maximum atomic E-state index is 13.6. The van der Waals surface area contributed by atoms with Crippen LogP contribution in [-0.2, 0) is 0 Å². The average molecular weight is 305 g/mol. The van der Waals surface area contributed by atoms with Crippen LogP contribution in [0.5, 0.6) is 0 Å². The molecule has 3 rings (SSSR count). The van der Waals surface area contributed by atoms with Crippen LogP contribution in [0.1, 0.15) is 37.3 Å². The van der Waals surface area contributed by atoms with Crippen molar-refractivity contribution >= 4 is 0 Å². The Kier molecular flexibility index (Phi) is 4.22. The van der Waals surface area contributed by atoms with Gasteiger partial charge in [0.25, 0.3) is 0 Å². The fourth-order valence-electron chi connectivity index (χ4n) is 2.75. The van der Waals surface area contributed by atoms with Gasteiger partial charge in [0, 0.05) is 12.1 Å². The molecule has 1 aromatic heterocycles. The fourth-order valence-corrected chi connectivity index (χ4v) is 2.75. The van der Waals surface area contributed by atoms with Crippen molar-refractivity contribution in [3.8, 4) is 11.4 Å². The zero-order valence-corrected chi connectivity index (χ0v) is 12.8. The first-order chi connectivity index (χ1) is 10.5. The zero-order chi connectivity index (χ0) is 15.7. The Morgan fingerprint density at radius 2 is 2.27 bits per heavy atom. The summed E-state index contributed by atoms with van der Waals surface area (Å²) in [5, 5.41) is 13.7. The molecule has 2 atom stereocenters. The van der Waals surface area contributed by atoms with Gasteiger partial charge in [0.1, 0.15) is 5.82 Å². The molecule has 1 fully saturated rings. The van der Waals surface area contributed by atoms with E-state index < -0.39 is 0 Å². The summed E-state index contributed by atoms with van der Waals surface area (Å²) < 4.78 is 19.0. The van der Waals surface area contributed by atoms with Crippen LogP contribution < -0.4 is 0 Å². The van der Waals surface area contributed by atoms with Crippen LogP contribution >= 0.6 is 0 Å². The van der Waals surface area contributed by atoms with Crippen LogP contribution in [-0.4, -0.2) is 39.3 Å². The molecule has 0 bridgehead atoms. The summed E-state index contributed by atoms with van der Waals surface area (Å²) in [7, 11) is 0. The molecule has 1 aliphatic heterocycles. The number of nitrogens with zero attached hydrogens (tertiary/aromatic N) is 3. The van der Waals surface area contributed by atoms with Crippen molar-refractivity contribution in [2.24, 2.45) is 0 Å². The summed E-state index contributed by atoms with van der Waals surface area (Å²) in [6, 6.07) is 4.83. The molecule has 1 aromatic carbocycles. The van der Waals surface area contributed by atoms with E-state index in [0.717, 1.165) is 19.4 Å². The predicted octanol–water partition coefficient (Wildman–Crippen LogP) is 2.70. The van der Waals surface area contributed by atoms with Gasteiger partial charge < -0.3 is 9.63 Å². The minimum atomic E-state index is -0.301. The van der Waals surface area contributed by atoms with Crippen molar-refractivity contribution in [1.82, 2.24) is 15.0 Å². The molecule has 1 saturated heterocycles. The number of aromatic nitrogens is 2. The number of likely N-dealkylation sites (tertiary alicyclic amines) is 1. The second-order valence-electron chi connectivity index (χ2n) is 5.89. The summed E-state index contributed by atoms with van der Waals surface area (Å²) in [6.45, 7) is 5.20. The first-order valence-corrected chi connectivity index (χ1v) is 7.57. The molecular weight excluding hydrogens is 285 g/mol. The van der Waals surface area contributed by atoms with Crippen LogP contribution in [0.2, 0.25) is 0 Å². The number of piperidine rings is 1. The maximum Gasteiger partial charge on any atom is 0.244 e. The van der Waals surface area contributed by atoms with Crippen LogP contribution in [0.4, 0.5) is 4.39 Å². The number of aliphatic hydroxyl groups is 1. The molecule has 22 heavy (non-hydrogen) atoms. The van der Waals surface area contributed by atoms with Crippen molar-refractivity contribution in [2.75, 3.05) is 13.1 Å². The van der Waals surface area contributed by atoms with Gasteiger partial charge >= 0.3 is 0 Å². The summed E-state index contributed by atoms with van der Waals surface area (Å²) in [5.74, 6) is 0.597. The van der Waals surface area contributed by atoms with E-state index in [-0.39, 0.29) is 18.0 Å². The van der Waals surface area contributed by atoms with Gasteiger partial charge in [-0.05, 0) is 44.9 Å². The van der Waals surface area contributed by atoms with Crippen LogP contribution in [0, 0.1) is 12.7 Å². The SMILES string of the molecule is Cc1ccc(-c2noc([C@@H](C)N3CCC[C@H](O)C3)n2)cc1F. The smallest absolute Gasteiger partial charge is 0.244 e. The highest BCUT2D eigenvalue weighted by atomic mass is 19.1. The molecule has 0 radical (unpaired) electrons. The number of hydrogen-bond acceptors (Lipinski definition) is 5. The quantitative estimate of drug-likeness (QED) is 0.944.